The first-order valence-electron chi connectivity index (χ1n) is 8.10. The Bertz CT molecular complexity index is 817. The molecule has 6 nitrogen and oxygen atoms in total. The van der Waals surface area contributed by atoms with Crippen molar-refractivity contribution in [2.24, 2.45) is 11.7 Å². The van der Waals surface area contributed by atoms with Gasteiger partial charge >= 0.3 is 0 Å². The number of hydrogen-bond donors (Lipinski definition) is 2. The molecule has 0 aromatic heterocycles. The highest BCUT2D eigenvalue weighted by molar-refractivity contribution is 7.91. The Morgan fingerprint density at radius 1 is 1.08 bits per heavy atom. The summed E-state index contributed by atoms with van der Waals surface area (Å²) in [5, 5.41) is 0. The Morgan fingerprint density at radius 2 is 1.67 bits per heavy atom. The predicted octanol–water partition coefficient (Wildman–Crippen LogP) is 1.50. The van der Waals surface area contributed by atoms with Crippen LogP contribution in [0.3, 0.4) is 0 Å². The highest BCUT2D eigenvalue weighted by Gasteiger charge is 2.30. The van der Waals surface area contributed by atoms with Crippen LogP contribution in [0.1, 0.15) is 36.8 Å². The highest BCUT2D eigenvalue weighted by atomic mass is 32.2. The van der Waals surface area contributed by atoms with Gasteiger partial charge in [-0.15, -0.1) is 0 Å². The molecular formula is C16H26N2O4S2. The topological polar surface area (TPSA) is 106 Å². The van der Waals surface area contributed by atoms with Gasteiger partial charge in [0.05, 0.1) is 9.79 Å². The van der Waals surface area contributed by atoms with Crippen LogP contribution in [0.25, 0.3) is 0 Å². The smallest absolute Gasteiger partial charge is 0.241 e. The van der Waals surface area contributed by atoms with Gasteiger partial charge in [0.25, 0.3) is 0 Å². The summed E-state index contributed by atoms with van der Waals surface area (Å²) >= 11 is 0. The van der Waals surface area contributed by atoms with Crippen LogP contribution in [0.5, 0.6) is 0 Å². The monoisotopic (exact) mass is 374 g/mol. The van der Waals surface area contributed by atoms with Gasteiger partial charge in [0.15, 0.2) is 9.84 Å². The van der Waals surface area contributed by atoms with Crippen molar-refractivity contribution in [2.45, 2.75) is 55.4 Å². The van der Waals surface area contributed by atoms with E-state index in [4.69, 9.17) is 5.73 Å². The molecule has 8 heteroatoms. The molecule has 0 bridgehead atoms. The summed E-state index contributed by atoms with van der Waals surface area (Å²) in [5.41, 5.74) is 6.63. The van der Waals surface area contributed by atoms with Gasteiger partial charge in [0.1, 0.15) is 0 Å². The summed E-state index contributed by atoms with van der Waals surface area (Å²) in [6, 6.07) is 2.83. The lowest BCUT2D eigenvalue weighted by Gasteiger charge is -2.31. The van der Waals surface area contributed by atoms with Crippen molar-refractivity contribution in [3.63, 3.8) is 0 Å². The summed E-state index contributed by atoms with van der Waals surface area (Å²) in [5.74, 6) is 0.119. The molecule has 1 saturated carbocycles. The van der Waals surface area contributed by atoms with Crippen molar-refractivity contribution in [2.75, 3.05) is 12.8 Å². The number of aryl methyl sites for hydroxylation is 1. The van der Waals surface area contributed by atoms with Crippen LogP contribution < -0.4 is 10.5 Å². The van der Waals surface area contributed by atoms with E-state index in [1.54, 1.807) is 6.92 Å². The Labute approximate surface area is 144 Å². The fourth-order valence-electron chi connectivity index (χ4n) is 3.37. The molecule has 1 fully saturated rings. The first kappa shape index (κ1) is 19.4. The standard InChI is InChI=1S/C16H26N2O4S2/c1-11-8-15(23(3,19)20)12(2)16(9-11)24(21,22)18-14-7-5-4-6-13(14)10-17/h8-9,13-14,18H,4-7,10,17H2,1-3H3/t13-,14+/m1/s1. The van der Waals surface area contributed by atoms with Gasteiger partial charge in [-0.25, -0.2) is 21.6 Å². The lowest BCUT2D eigenvalue weighted by Crippen LogP contribution is -2.44. The van der Waals surface area contributed by atoms with Gasteiger partial charge in [-0.2, -0.15) is 0 Å². The molecule has 0 spiro atoms. The zero-order chi connectivity index (χ0) is 18.1. The third kappa shape index (κ3) is 4.17. The fraction of sp³-hybridized carbons (Fsp3) is 0.625. The molecule has 0 radical (unpaired) electrons. The van der Waals surface area contributed by atoms with Crippen molar-refractivity contribution in [1.82, 2.24) is 4.72 Å². The van der Waals surface area contributed by atoms with E-state index in [2.05, 4.69) is 4.72 Å². The number of rotatable bonds is 5. The van der Waals surface area contributed by atoms with Crippen LogP contribution in [0.2, 0.25) is 0 Å². The maximum atomic E-state index is 12.9. The third-order valence-corrected chi connectivity index (χ3v) is 7.50. The maximum Gasteiger partial charge on any atom is 0.241 e. The van der Waals surface area contributed by atoms with E-state index in [1.807, 2.05) is 0 Å². The minimum Gasteiger partial charge on any atom is -0.330 e. The van der Waals surface area contributed by atoms with Crippen molar-refractivity contribution < 1.29 is 16.8 Å². The van der Waals surface area contributed by atoms with Crippen LogP contribution in [0.15, 0.2) is 21.9 Å². The fourth-order valence-corrected chi connectivity index (χ4v) is 6.19. The van der Waals surface area contributed by atoms with Gasteiger partial charge in [0, 0.05) is 12.3 Å². The SMILES string of the molecule is Cc1cc(S(C)(=O)=O)c(C)c(S(=O)(=O)N[C@H]2CCCC[C@@H]2CN)c1. The molecule has 2 rings (SSSR count). The Morgan fingerprint density at radius 3 is 2.25 bits per heavy atom. The molecule has 1 aliphatic rings. The van der Waals surface area contributed by atoms with E-state index in [0.29, 0.717) is 12.1 Å². The summed E-state index contributed by atoms with van der Waals surface area (Å²) in [6.07, 6.45) is 4.77. The molecule has 2 atom stereocenters. The number of sulfonamides is 1. The molecule has 0 amide bonds. The van der Waals surface area contributed by atoms with E-state index < -0.39 is 19.9 Å². The molecule has 136 valence electrons. The summed E-state index contributed by atoms with van der Waals surface area (Å²) in [7, 11) is -7.31. The third-order valence-electron chi connectivity index (χ3n) is 4.66. The molecule has 0 unspecified atom stereocenters. The minimum absolute atomic E-state index is 0.0317. The lowest BCUT2D eigenvalue weighted by molar-refractivity contribution is 0.296. The second-order valence-corrected chi connectivity index (χ2v) is 10.3. The zero-order valence-electron chi connectivity index (χ0n) is 14.4. The van der Waals surface area contributed by atoms with Gasteiger partial charge in [0.2, 0.25) is 10.0 Å². The number of sulfone groups is 1. The number of nitrogens with two attached hydrogens (primary N) is 1. The predicted molar refractivity (Wildman–Crippen MR) is 94.1 cm³/mol. The first-order chi connectivity index (χ1) is 11.1. The maximum absolute atomic E-state index is 12.9. The van der Waals surface area contributed by atoms with Crippen molar-refractivity contribution in [1.29, 1.82) is 0 Å². The molecular weight excluding hydrogens is 348 g/mol. The van der Waals surface area contributed by atoms with E-state index in [1.165, 1.54) is 19.1 Å². The molecule has 1 aromatic rings. The van der Waals surface area contributed by atoms with E-state index in [9.17, 15) is 16.8 Å². The average Bonchev–Trinajstić information content (AvgIpc) is 2.48. The summed E-state index contributed by atoms with van der Waals surface area (Å²) in [6.45, 7) is 3.66. The molecule has 3 N–H and O–H groups in total. The van der Waals surface area contributed by atoms with Gasteiger partial charge in [-0.05, 0) is 62.4 Å². The van der Waals surface area contributed by atoms with Crippen LogP contribution in [0.4, 0.5) is 0 Å². The zero-order valence-corrected chi connectivity index (χ0v) is 16.0. The lowest BCUT2D eigenvalue weighted by atomic mass is 9.85. The molecule has 0 saturated heterocycles. The van der Waals surface area contributed by atoms with Crippen LogP contribution in [-0.4, -0.2) is 35.7 Å². The van der Waals surface area contributed by atoms with Crippen LogP contribution >= 0.6 is 0 Å². The Balaban J connectivity index is 2.44. The van der Waals surface area contributed by atoms with E-state index in [0.717, 1.165) is 31.9 Å². The normalized spacial score (nSPS) is 22.5. The number of nitrogens with one attached hydrogen (secondary N) is 1. The molecule has 24 heavy (non-hydrogen) atoms. The second-order valence-electron chi connectivity index (χ2n) is 6.67. The largest absolute Gasteiger partial charge is 0.330 e. The van der Waals surface area contributed by atoms with E-state index in [-0.39, 0.29) is 27.3 Å². The highest BCUT2D eigenvalue weighted by Crippen LogP contribution is 2.28. The number of benzene rings is 1. The van der Waals surface area contributed by atoms with Gasteiger partial charge in [-0.1, -0.05) is 12.8 Å². The molecule has 1 aromatic carbocycles. The van der Waals surface area contributed by atoms with Crippen molar-refractivity contribution in [3.8, 4) is 0 Å². The van der Waals surface area contributed by atoms with Crippen LogP contribution in [0, 0.1) is 19.8 Å². The number of hydrogen-bond acceptors (Lipinski definition) is 5. The second kappa shape index (κ2) is 7.11. The quantitative estimate of drug-likeness (QED) is 0.812. The average molecular weight is 375 g/mol. The van der Waals surface area contributed by atoms with Gasteiger partial charge in [-0.3, -0.25) is 0 Å². The first-order valence-corrected chi connectivity index (χ1v) is 11.5. The minimum atomic E-state index is -3.81. The van der Waals surface area contributed by atoms with Crippen LogP contribution in [-0.2, 0) is 19.9 Å². The van der Waals surface area contributed by atoms with Crippen molar-refractivity contribution in [3.05, 3.63) is 23.3 Å². The summed E-state index contributed by atoms with van der Waals surface area (Å²) in [4.78, 5) is 0.0890. The van der Waals surface area contributed by atoms with E-state index >= 15 is 0 Å². The molecule has 0 aliphatic heterocycles. The molecule has 0 heterocycles. The van der Waals surface area contributed by atoms with Gasteiger partial charge < -0.3 is 5.73 Å². The van der Waals surface area contributed by atoms with Crippen molar-refractivity contribution >= 4 is 19.9 Å². The summed E-state index contributed by atoms with van der Waals surface area (Å²) < 4.78 is 52.4. The Hall–Kier alpha value is -0.960. The Kier molecular flexibility index (Phi) is 5.74. The molecule has 1 aliphatic carbocycles.